The number of carboxylic acids is 1. The average molecular weight is 439 g/mol. The third-order valence-electron chi connectivity index (χ3n) is 6.48. The number of rotatable bonds is 9. The topological polar surface area (TPSA) is 133 Å². The van der Waals surface area contributed by atoms with E-state index in [1.807, 2.05) is 27.7 Å². The minimum Gasteiger partial charge on any atom is -0.480 e. The summed E-state index contributed by atoms with van der Waals surface area (Å²) in [5, 5.41) is 12.3. The summed E-state index contributed by atoms with van der Waals surface area (Å²) in [6.45, 7) is 8.62. The lowest BCUT2D eigenvalue weighted by Crippen LogP contribution is -2.58. The molecule has 2 aliphatic heterocycles. The van der Waals surface area contributed by atoms with Crippen molar-refractivity contribution in [3.63, 3.8) is 0 Å². The van der Waals surface area contributed by atoms with Gasteiger partial charge in [-0.2, -0.15) is 0 Å². The summed E-state index contributed by atoms with van der Waals surface area (Å²) in [4.78, 5) is 53.6. The molecule has 0 aliphatic carbocycles. The zero-order valence-electron chi connectivity index (χ0n) is 19.2. The van der Waals surface area contributed by atoms with Crippen LogP contribution in [0.4, 0.5) is 0 Å². The van der Waals surface area contributed by atoms with Crippen molar-refractivity contribution in [2.75, 3.05) is 13.1 Å². The Morgan fingerprint density at radius 2 is 1.55 bits per heavy atom. The Kier molecular flexibility index (Phi) is 8.85. The van der Waals surface area contributed by atoms with E-state index in [-0.39, 0.29) is 29.6 Å². The second kappa shape index (κ2) is 10.9. The molecular weight excluding hydrogens is 400 g/mol. The van der Waals surface area contributed by atoms with Gasteiger partial charge in [0.2, 0.25) is 17.7 Å². The number of nitrogens with zero attached hydrogens (tertiary/aromatic N) is 2. The molecule has 2 aliphatic rings. The first-order valence-electron chi connectivity index (χ1n) is 11.5. The highest BCUT2D eigenvalue weighted by Crippen LogP contribution is 2.23. The second-order valence-corrected chi connectivity index (χ2v) is 9.33. The Balaban J connectivity index is 2.13. The summed E-state index contributed by atoms with van der Waals surface area (Å²) in [6.07, 6.45) is 3.46. The molecule has 2 heterocycles. The molecule has 0 unspecified atom stereocenters. The van der Waals surface area contributed by atoms with Crippen LogP contribution in [0.1, 0.15) is 66.2 Å². The second-order valence-electron chi connectivity index (χ2n) is 9.33. The molecule has 0 aromatic rings. The highest BCUT2D eigenvalue weighted by molar-refractivity contribution is 5.94. The number of amides is 3. The van der Waals surface area contributed by atoms with E-state index in [0.29, 0.717) is 51.6 Å². The first kappa shape index (κ1) is 25.1. The Hall–Kier alpha value is -2.16. The van der Waals surface area contributed by atoms with Crippen LogP contribution in [-0.4, -0.2) is 75.9 Å². The van der Waals surface area contributed by atoms with Gasteiger partial charge < -0.3 is 26.0 Å². The van der Waals surface area contributed by atoms with Gasteiger partial charge in [-0.25, -0.2) is 4.79 Å². The lowest BCUT2D eigenvalue weighted by Gasteiger charge is -2.33. The number of likely N-dealkylation sites (tertiary alicyclic amines) is 2. The molecule has 0 aromatic carbocycles. The van der Waals surface area contributed by atoms with Crippen molar-refractivity contribution in [2.45, 2.75) is 90.4 Å². The molecule has 0 spiro atoms. The quantitative estimate of drug-likeness (QED) is 0.491. The Labute approximate surface area is 184 Å². The van der Waals surface area contributed by atoms with Crippen molar-refractivity contribution >= 4 is 23.7 Å². The summed E-state index contributed by atoms with van der Waals surface area (Å²) in [5.41, 5.74) is 6.07. The molecule has 5 atom stereocenters. The fourth-order valence-corrected chi connectivity index (χ4v) is 4.52. The first-order valence-corrected chi connectivity index (χ1v) is 11.5. The van der Waals surface area contributed by atoms with E-state index in [1.54, 1.807) is 0 Å². The van der Waals surface area contributed by atoms with E-state index in [2.05, 4.69) is 5.32 Å². The minimum absolute atomic E-state index is 0.166. The lowest BCUT2D eigenvalue weighted by molar-refractivity contribution is -0.150. The van der Waals surface area contributed by atoms with Gasteiger partial charge in [-0.3, -0.25) is 14.4 Å². The van der Waals surface area contributed by atoms with Crippen LogP contribution in [0.15, 0.2) is 0 Å². The third kappa shape index (κ3) is 5.96. The Bertz CT molecular complexity index is 683. The van der Waals surface area contributed by atoms with Crippen molar-refractivity contribution in [3.05, 3.63) is 0 Å². The Morgan fingerprint density at radius 3 is 2.06 bits per heavy atom. The third-order valence-corrected chi connectivity index (χ3v) is 6.48. The standard InChI is InChI=1S/C22H38N4O5/c1-5-14(4)18(21(29)26-11-7-9-17(26)22(30)31)24-19(27)16-8-6-10-25(16)20(28)15(23)12-13(2)3/h13-18H,5-12,23H2,1-4H3,(H,24,27)(H,30,31)/t14-,15-,16-,17-,18-/m0/s1. The van der Waals surface area contributed by atoms with E-state index < -0.39 is 30.1 Å². The van der Waals surface area contributed by atoms with E-state index in [4.69, 9.17) is 5.73 Å². The summed E-state index contributed by atoms with van der Waals surface area (Å²) >= 11 is 0. The number of nitrogens with two attached hydrogens (primary N) is 1. The molecular formula is C22H38N4O5. The number of aliphatic carboxylic acids is 1. The van der Waals surface area contributed by atoms with Crippen LogP contribution in [0.3, 0.4) is 0 Å². The van der Waals surface area contributed by atoms with Gasteiger partial charge in [-0.15, -0.1) is 0 Å². The van der Waals surface area contributed by atoms with Crippen LogP contribution in [0.2, 0.25) is 0 Å². The molecule has 2 fully saturated rings. The molecule has 9 nitrogen and oxygen atoms in total. The zero-order chi connectivity index (χ0) is 23.3. The predicted molar refractivity (Wildman–Crippen MR) is 116 cm³/mol. The number of carbonyl (C=O) groups excluding carboxylic acids is 3. The highest BCUT2D eigenvalue weighted by atomic mass is 16.4. The molecule has 3 amide bonds. The number of nitrogens with one attached hydrogen (secondary N) is 1. The fraction of sp³-hybridized carbons (Fsp3) is 0.818. The highest BCUT2D eigenvalue weighted by Gasteiger charge is 2.42. The van der Waals surface area contributed by atoms with Crippen LogP contribution in [-0.2, 0) is 19.2 Å². The van der Waals surface area contributed by atoms with Crippen LogP contribution < -0.4 is 11.1 Å². The van der Waals surface area contributed by atoms with Crippen molar-refractivity contribution in [3.8, 4) is 0 Å². The molecule has 2 saturated heterocycles. The van der Waals surface area contributed by atoms with Gasteiger partial charge in [0.1, 0.15) is 18.1 Å². The number of carboxylic acid groups (broad SMARTS) is 1. The normalized spacial score (nSPS) is 24.2. The van der Waals surface area contributed by atoms with Crippen LogP contribution in [0.25, 0.3) is 0 Å². The van der Waals surface area contributed by atoms with E-state index in [9.17, 15) is 24.3 Å². The molecule has 176 valence electrons. The Morgan fingerprint density at radius 1 is 1.00 bits per heavy atom. The van der Waals surface area contributed by atoms with Gasteiger partial charge in [0.25, 0.3) is 0 Å². The van der Waals surface area contributed by atoms with Crippen molar-refractivity contribution in [1.82, 2.24) is 15.1 Å². The average Bonchev–Trinajstić information content (AvgIpc) is 3.39. The van der Waals surface area contributed by atoms with Gasteiger partial charge in [0.05, 0.1) is 6.04 Å². The van der Waals surface area contributed by atoms with Crippen LogP contribution in [0.5, 0.6) is 0 Å². The van der Waals surface area contributed by atoms with Gasteiger partial charge in [0.15, 0.2) is 0 Å². The minimum atomic E-state index is -1.02. The largest absolute Gasteiger partial charge is 0.480 e. The summed E-state index contributed by atoms with van der Waals surface area (Å²) in [7, 11) is 0. The molecule has 0 aromatic heterocycles. The predicted octanol–water partition coefficient (Wildman–Crippen LogP) is 0.957. The molecule has 0 bridgehead atoms. The molecule has 2 rings (SSSR count). The van der Waals surface area contributed by atoms with Crippen LogP contribution >= 0.6 is 0 Å². The van der Waals surface area contributed by atoms with Crippen LogP contribution in [0, 0.1) is 11.8 Å². The zero-order valence-corrected chi connectivity index (χ0v) is 19.2. The summed E-state index contributed by atoms with van der Waals surface area (Å²) in [5.74, 6) is -1.88. The molecule has 0 radical (unpaired) electrons. The number of hydrogen-bond donors (Lipinski definition) is 3. The maximum Gasteiger partial charge on any atom is 0.326 e. The molecule has 31 heavy (non-hydrogen) atoms. The lowest BCUT2D eigenvalue weighted by atomic mass is 9.96. The van der Waals surface area contributed by atoms with Crippen molar-refractivity contribution in [1.29, 1.82) is 0 Å². The molecule has 4 N–H and O–H groups in total. The maximum atomic E-state index is 13.2. The monoisotopic (exact) mass is 438 g/mol. The van der Waals surface area contributed by atoms with Gasteiger partial charge in [0, 0.05) is 13.1 Å². The van der Waals surface area contributed by atoms with Gasteiger partial charge in [-0.1, -0.05) is 34.1 Å². The molecule has 0 saturated carbocycles. The number of carbonyl (C=O) groups is 4. The van der Waals surface area contributed by atoms with Crippen molar-refractivity contribution < 1.29 is 24.3 Å². The van der Waals surface area contributed by atoms with Gasteiger partial charge in [-0.05, 0) is 43.9 Å². The smallest absolute Gasteiger partial charge is 0.326 e. The van der Waals surface area contributed by atoms with Crippen molar-refractivity contribution in [2.24, 2.45) is 17.6 Å². The first-order chi connectivity index (χ1) is 14.6. The van der Waals surface area contributed by atoms with E-state index in [0.717, 1.165) is 0 Å². The van der Waals surface area contributed by atoms with E-state index in [1.165, 1.54) is 9.80 Å². The van der Waals surface area contributed by atoms with Gasteiger partial charge >= 0.3 is 5.97 Å². The summed E-state index contributed by atoms with van der Waals surface area (Å²) in [6, 6.07) is -2.98. The van der Waals surface area contributed by atoms with E-state index >= 15 is 0 Å². The number of hydrogen-bond acceptors (Lipinski definition) is 5. The summed E-state index contributed by atoms with van der Waals surface area (Å²) < 4.78 is 0. The fourth-order valence-electron chi connectivity index (χ4n) is 4.52. The SMILES string of the molecule is CC[C@H](C)[C@H](NC(=O)[C@@H]1CCCN1C(=O)[C@@H](N)CC(C)C)C(=O)N1CCC[C@H]1C(=O)O. The maximum absolute atomic E-state index is 13.2. The molecule has 9 heteroatoms.